The summed E-state index contributed by atoms with van der Waals surface area (Å²) < 4.78 is 12.0. The highest BCUT2D eigenvalue weighted by Gasteiger charge is 2.28. The van der Waals surface area contributed by atoms with Crippen LogP contribution in [0, 0.1) is 5.92 Å². The number of Topliss-reactive ketones (excluding diaryl/α,β-unsaturated/α-hetero) is 1. The number of ether oxygens (including phenoxy) is 2. The van der Waals surface area contributed by atoms with Crippen LogP contribution in [0.1, 0.15) is 45.2 Å². The Hall–Kier alpha value is -4.14. The van der Waals surface area contributed by atoms with E-state index in [2.05, 4.69) is 5.32 Å². The first-order chi connectivity index (χ1) is 17.4. The van der Waals surface area contributed by atoms with E-state index in [0.29, 0.717) is 16.5 Å². The van der Waals surface area contributed by atoms with E-state index in [-0.39, 0.29) is 19.4 Å². The predicted molar refractivity (Wildman–Crippen MR) is 137 cm³/mol. The minimum atomic E-state index is -1.15. The van der Waals surface area contributed by atoms with Crippen molar-refractivity contribution in [1.29, 1.82) is 0 Å². The molecule has 1 amide bonds. The van der Waals surface area contributed by atoms with E-state index in [9.17, 15) is 24.3 Å². The van der Waals surface area contributed by atoms with Crippen molar-refractivity contribution in [2.24, 2.45) is 5.92 Å². The maximum Gasteiger partial charge on any atom is 0.419 e. The number of hydrogen-bond donors (Lipinski definition) is 2. The molecular weight excluding hydrogens is 476 g/mol. The van der Waals surface area contributed by atoms with Gasteiger partial charge in [-0.2, -0.15) is 0 Å². The van der Waals surface area contributed by atoms with Crippen molar-refractivity contribution in [1.82, 2.24) is 9.88 Å². The molecule has 2 aromatic carbocycles. The molecule has 196 valence electrons. The van der Waals surface area contributed by atoms with Crippen LogP contribution in [-0.2, 0) is 32.1 Å². The third kappa shape index (κ3) is 7.67. The molecule has 0 saturated carbocycles. The molecule has 0 unspecified atom stereocenters. The number of aliphatic carboxylic acids is 1. The molecule has 9 nitrogen and oxygen atoms in total. The summed E-state index contributed by atoms with van der Waals surface area (Å²) in [6.45, 7) is 6.81. The van der Waals surface area contributed by atoms with Crippen LogP contribution in [0.5, 0.6) is 0 Å². The summed E-state index contributed by atoms with van der Waals surface area (Å²) in [6, 6.07) is 15.3. The van der Waals surface area contributed by atoms with Gasteiger partial charge < -0.3 is 19.9 Å². The molecular formula is C28H32N2O7. The largest absolute Gasteiger partial charge is 0.481 e. The van der Waals surface area contributed by atoms with Gasteiger partial charge in [-0.1, -0.05) is 48.5 Å². The van der Waals surface area contributed by atoms with E-state index < -0.39 is 41.5 Å². The monoisotopic (exact) mass is 508 g/mol. The van der Waals surface area contributed by atoms with E-state index in [4.69, 9.17) is 9.47 Å². The summed E-state index contributed by atoms with van der Waals surface area (Å²) in [5.74, 6) is -2.66. The molecule has 0 aliphatic heterocycles. The number of hydrogen-bond acceptors (Lipinski definition) is 6. The number of aromatic nitrogens is 1. The average molecular weight is 509 g/mol. The highest BCUT2D eigenvalue weighted by Crippen LogP contribution is 2.26. The molecule has 9 heteroatoms. The Balaban J connectivity index is 1.68. The van der Waals surface area contributed by atoms with Gasteiger partial charge in [-0.05, 0) is 51.3 Å². The van der Waals surface area contributed by atoms with Gasteiger partial charge >= 0.3 is 18.2 Å². The quantitative estimate of drug-likeness (QED) is 0.419. The molecule has 0 saturated heterocycles. The van der Waals surface area contributed by atoms with Gasteiger partial charge in [0.05, 0.1) is 17.5 Å². The summed E-state index contributed by atoms with van der Waals surface area (Å²) in [6.07, 6.45) is -0.0760. The average Bonchev–Trinajstić information content (AvgIpc) is 3.20. The van der Waals surface area contributed by atoms with Crippen LogP contribution in [0.4, 0.5) is 9.59 Å². The second-order valence-electron chi connectivity index (χ2n) is 9.86. The fraction of sp³-hybridized carbons (Fsp3) is 0.357. The zero-order valence-electron chi connectivity index (χ0n) is 21.4. The fourth-order valence-corrected chi connectivity index (χ4v) is 3.83. The SMILES string of the molecule is C[C@@H](NC(=O)OCc1ccccc1)C(=O)C[C@@H](Cc1cn(C(=O)OC(C)(C)C)c2ccccc12)C(=O)O. The van der Waals surface area contributed by atoms with Gasteiger partial charge in [-0.25, -0.2) is 9.59 Å². The zero-order chi connectivity index (χ0) is 27.2. The fourth-order valence-electron chi connectivity index (χ4n) is 3.83. The number of rotatable bonds is 9. The minimum absolute atomic E-state index is 0.0164. The molecule has 3 rings (SSSR count). The standard InChI is InChI=1S/C28H32N2O7/c1-18(29-26(34)36-17-19-10-6-5-7-11-19)24(31)15-20(25(32)33)14-21-16-30(27(35)37-28(2,3)4)23-13-9-8-12-22(21)23/h5-13,16,18,20H,14-15,17H2,1-4H3,(H,29,34)(H,32,33)/t18-,20-/m1/s1. The molecule has 37 heavy (non-hydrogen) atoms. The maximum atomic E-state index is 12.8. The van der Waals surface area contributed by atoms with Crippen LogP contribution < -0.4 is 5.32 Å². The number of carboxylic acids is 1. The number of nitrogens with zero attached hydrogens (tertiary/aromatic N) is 1. The van der Waals surface area contributed by atoms with Gasteiger partial charge in [0.2, 0.25) is 0 Å². The minimum Gasteiger partial charge on any atom is -0.481 e. The molecule has 0 aliphatic rings. The number of carbonyl (C=O) groups excluding carboxylic acids is 3. The Morgan fingerprint density at radius 2 is 1.65 bits per heavy atom. The van der Waals surface area contributed by atoms with Gasteiger partial charge in [0.1, 0.15) is 12.2 Å². The highest BCUT2D eigenvalue weighted by atomic mass is 16.6. The predicted octanol–water partition coefficient (Wildman–Crippen LogP) is 4.94. The molecule has 0 bridgehead atoms. The third-order valence-corrected chi connectivity index (χ3v) is 5.68. The second kappa shape index (κ2) is 11.7. The first kappa shape index (κ1) is 27.4. The lowest BCUT2D eigenvalue weighted by Gasteiger charge is -2.19. The normalized spacial score (nSPS) is 13.0. The van der Waals surface area contributed by atoms with Crippen molar-refractivity contribution in [2.75, 3.05) is 0 Å². The number of fused-ring (bicyclic) bond motifs is 1. The Labute approximate surface area is 215 Å². The smallest absolute Gasteiger partial charge is 0.419 e. The number of nitrogens with one attached hydrogen (secondary N) is 1. The summed E-state index contributed by atoms with van der Waals surface area (Å²) in [5, 5.41) is 13.0. The number of amides is 1. The van der Waals surface area contributed by atoms with Crippen molar-refractivity contribution in [3.63, 3.8) is 0 Å². The number of carboxylic acid groups (broad SMARTS) is 1. The molecule has 3 aromatic rings. The molecule has 0 fully saturated rings. The first-order valence-corrected chi connectivity index (χ1v) is 12.0. The van der Waals surface area contributed by atoms with Crippen molar-refractivity contribution in [3.8, 4) is 0 Å². The van der Waals surface area contributed by atoms with Gasteiger partial charge in [0.15, 0.2) is 5.78 Å². The molecule has 2 atom stereocenters. The van der Waals surface area contributed by atoms with E-state index in [1.165, 1.54) is 11.5 Å². The summed E-state index contributed by atoms with van der Waals surface area (Å²) >= 11 is 0. The lowest BCUT2D eigenvalue weighted by Crippen LogP contribution is -2.40. The van der Waals surface area contributed by atoms with Crippen LogP contribution in [-0.4, -0.2) is 45.3 Å². The molecule has 2 N–H and O–H groups in total. The van der Waals surface area contributed by atoms with Gasteiger partial charge in [-0.15, -0.1) is 0 Å². The Morgan fingerprint density at radius 1 is 1.00 bits per heavy atom. The van der Waals surface area contributed by atoms with Gasteiger partial charge in [0.25, 0.3) is 0 Å². The van der Waals surface area contributed by atoms with Crippen molar-refractivity contribution >= 4 is 34.8 Å². The van der Waals surface area contributed by atoms with E-state index in [0.717, 1.165) is 5.56 Å². The van der Waals surface area contributed by atoms with Crippen LogP contribution >= 0.6 is 0 Å². The molecule has 1 heterocycles. The number of benzene rings is 2. The first-order valence-electron chi connectivity index (χ1n) is 12.0. The van der Waals surface area contributed by atoms with E-state index in [1.54, 1.807) is 63.4 Å². The highest BCUT2D eigenvalue weighted by molar-refractivity contribution is 5.93. The van der Waals surface area contributed by atoms with Gasteiger partial charge in [-0.3, -0.25) is 14.2 Å². The number of para-hydroxylation sites is 1. The summed E-state index contributed by atoms with van der Waals surface area (Å²) in [4.78, 5) is 49.7. The van der Waals surface area contributed by atoms with Crippen LogP contribution in [0.3, 0.4) is 0 Å². The second-order valence-corrected chi connectivity index (χ2v) is 9.86. The summed E-state index contributed by atoms with van der Waals surface area (Å²) in [7, 11) is 0. The number of alkyl carbamates (subject to hydrolysis) is 1. The molecule has 1 aromatic heterocycles. The number of ketones is 1. The topological polar surface area (TPSA) is 124 Å². The maximum absolute atomic E-state index is 12.8. The lowest BCUT2D eigenvalue weighted by molar-refractivity contribution is -0.143. The number of carbonyl (C=O) groups is 4. The summed E-state index contributed by atoms with van der Waals surface area (Å²) in [5.41, 5.74) is 1.28. The Kier molecular flexibility index (Phi) is 8.70. The van der Waals surface area contributed by atoms with Crippen molar-refractivity contribution in [2.45, 2.75) is 58.8 Å². The molecule has 0 aliphatic carbocycles. The Morgan fingerprint density at radius 3 is 2.30 bits per heavy atom. The third-order valence-electron chi connectivity index (χ3n) is 5.68. The van der Waals surface area contributed by atoms with Crippen LogP contribution in [0.15, 0.2) is 60.8 Å². The van der Waals surface area contributed by atoms with Crippen LogP contribution in [0.2, 0.25) is 0 Å². The molecule has 0 radical (unpaired) electrons. The van der Waals surface area contributed by atoms with Crippen LogP contribution in [0.25, 0.3) is 10.9 Å². The van der Waals surface area contributed by atoms with E-state index in [1.807, 2.05) is 18.2 Å². The lowest BCUT2D eigenvalue weighted by atomic mass is 9.92. The van der Waals surface area contributed by atoms with Gasteiger partial charge in [0, 0.05) is 18.0 Å². The van der Waals surface area contributed by atoms with E-state index >= 15 is 0 Å². The van der Waals surface area contributed by atoms with Crippen molar-refractivity contribution < 1.29 is 33.8 Å². The Bertz CT molecular complexity index is 1270. The molecule has 0 spiro atoms. The zero-order valence-corrected chi connectivity index (χ0v) is 21.4. The van der Waals surface area contributed by atoms with Crippen molar-refractivity contribution in [3.05, 3.63) is 71.9 Å².